The van der Waals surface area contributed by atoms with Gasteiger partial charge in [0.15, 0.2) is 0 Å². The van der Waals surface area contributed by atoms with Gasteiger partial charge in [0.05, 0.1) is 23.2 Å². The van der Waals surface area contributed by atoms with Crippen LogP contribution in [0.4, 0.5) is 0 Å². The molecule has 28 heavy (non-hydrogen) atoms. The number of carbonyl (C=O) groups excluding carboxylic acids is 2. The number of nitrogens with zero attached hydrogens (tertiary/aromatic N) is 3. The van der Waals surface area contributed by atoms with Crippen LogP contribution in [-0.2, 0) is 11.2 Å². The van der Waals surface area contributed by atoms with Crippen molar-refractivity contribution in [3.8, 4) is 0 Å². The number of likely N-dealkylation sites (tertiary alicyclic amines) is 1. The van der Waals surface area contributed by atoms with Gasteiger partial charge in [-0.15, -0.1) is 0 Å². The second-order valence-electron chi connectivity index (χ2n) is 7.15. The molecule has 0 saturated carbocycles. The lowest BCUT2D eigenvalue weighted by atomic mass is 9.90. The summed E-state index contributed by atoms with van der Waals surface area (Å²) in [7, 11) is 0. The number of pyridine rings is 2. The van der Waals surface area contributed by atoms with Crippen molar-refractivity contribution in [3.05, 3.63) is 71.7 Å². The lowest BCUT2D eigenvalue weighted by molar-refractivity contribution is -0.131. The Morgan fingerprint density at radius 1 is 1.14 bits per heavy atom. The molecule has 0 bridgehead atoms. The van der Waals surface area contributed by atoms with Crippen molar-refractivity contribution < 1.29 is 9.59 Å². The minimum Gasteiger partial charge on any atom is -0.366 e. The highest BCUT2D eigenvalue weighted by Crippen LogP contribution is 2.30. The van der Waals surface area contributed by atoms with Crippen molar-refractivity contribution in [1.29, 1.82) is 0 Å². The number of para-hydroxylation sites is 1. The van der Waals surface area contributed by atoms with Crippen LogP contribution in [0.2, 0.25) is 0 Å². The molecule has 1 aromatic carbocycles. The number of rotatable bonds is 4. The van der Waals surface area contributed by atoms with Crippen molar-refractivity contribution >= 4 is 22.7 Å². The van der Waals surface area contributed by atoms with Crippen LogP contribution in [0.3, 0.4) is 0 Å². The van der Waals surface area contributed by atoms with Gasteiger partial charge in [-0.1, -0.05) is 24.3 Å². The monoisotopic (exact) mass is 374 g/mol. The topological polar surface area (TPSA) is 89.2 Å². The molecule has 1 fully saturated rings. The van der Waals surface area contributed by atoms with Crippen LogP contribution < -0.4 is 5.73 Å². The van der Waals surface area contributed by atoms with E-state index in [2.05, 4.69) is 4.98 Å². The second-order valence-corrected chi connectivity index (χ2v) is 7.15. The van der Waals surface area contributed by atoms with E-state index in [0.717, 1.165) is 29.4 Å². The Kier molecular flexibility index (Phi) is 5.02. The molecule has 142 valence electrons. The number of piperidine rings is 1. The minimum absolute atomic E-state index is 0.00598. The van der Waals surface area contributed by atoms with E-state index in [1.807, 2.05) is 53.4 Å². The Hall–Kier alpha value is -3.28. The molecule has 1 unspecified atom stereocenters. The number of amides is 2. The molecule has 2 aromatic heterocycles. The molecule has 0 aliphatic carbocycles. The van der Waals surface area contributed by atoms with Gasteiger partial charge in [0.25, 0.3) is 5.91 Å². The molecule has 3 heterocycles. The van der Waals surface area contributed by atoms with E-state index < -0.39 is 5.91 Å². The Bertz CT molecular complexity index is 1020. The number of hydrogen-bond acceptors (Lipinski definition) is 4. The van der Waals surface area contributed by atoms with E-state index in [4.69, 9.17) is 10.7 Å². The first-order valence-electron chi connectivity index (χ1n) is 9.49. The average Bonchev–Trinajstić information content (AvgIpc) is 2.73. The molecule has 6 heteroatoms. The van der Waals surface area contributed by atoms with Crippen molar-refractivity contribution in [2.24, 2.45) is 5.73 Å². The summed E-state index contributed by atoms with van der Waals surface area (Å²) < 4.78 is 0. The number of benzene rings is 1. The lowest BCUT2D eigenvalue weighted by Crippen LogP contribution is -2.40. The summed E-state index contributed by atoms with van der Waals surface area (Å²) in [6.45, 7) is 1.25. The summed E-state index contributed by atoms with van der Waals surface area (Å²) in [6, 6.07) is 15.1. The molecule has 0 radical (unpaired) electrons. The maximum Gasteiger partial charge on any atom is 0.250 e. The van der Waals surface area contributed by atoms with Gasteiger partial charge in [-0.3, -0.25) is 19.6 Å². The fraction of sp³-hybridized carbons (Fsp3) is 0.273. The number of primary amides is 1. The van der Waals surface area contributed by atoms with Crippen LogP contribution in [0.1, 0.15) is 40.5 Å². The molecule has 1 atom stereocenters. The highest BCUT2D eigenvalue weighted by atomic mass is 16.2. The van der Waals surface area contributed by atoms with Gasteiger partial charge in [0.1, 0.15) is 0 Å². The van der Waals surface area contributed by atoms with Crippen molar-refractivity contribution in [2.75, 3.05) is 13.1 Å². The van der Waals surface area contributed by atoms with Gasteiger partial charge in [0, 0.05) is 36.3 Å². The summed E-state index contributed by atoms with van der Waals surface area (Å²) >= 11 is 0. The Morgan fingerprint density at radius 2 is 1.96 bits per heavy atom. The Balaban J connectivity index is 1.60. The quantitative estimate of drug-likeness (QED) is 0.760. The number of aromatic nitrogens is 2. The number of carbonyl (C=O) groups is 2. The molecular formula is C22H22N4O2. The third kappa shape index (κ3) is 3.71. The maximum absolute atomic E-state index is 12.7. The molecular weight excluding hydrogens is 352 g/mol. The lowest BCUT2D eigenvalue weighted by Gasteiger charge is -2.33. The standard InChI is InChI=1S/C22H22N4O2/c23-22(28)18-12-15-6-1-2-9-19(15)25-21(18)16-7-5-11-26(14-16)20(27)13-17-8-3-4-10-24-17/h1-4,6,8-10,12,16H,5,7,11,13-14H2,(H2,23,28). The van der Waals surface area contributed by atoms with E-state index >= 15 is 0 Å². The van der Waals surface area contributed by atoms with Crippen LogP contribution in [-0.4, -0.2) is 39.8 Å². The first-order valence-corrected chi connectivity index (χ1v) is 9.49. The second kappa shape index (κ2) is 7.76. The minimum atomic E-state index is -0.481. The van der Waals surface area contributed by atoms with E-state index in [1.165, 1.54) is 0 Å². The van der Waals surface area contributed by atoms with Gasteiger partial charge >= 0.3 is 0 Å². The predicted octanol–water partition coefficient (Wildman–Crippen LogP) is 2.68. The average molecular weight is 374 g/mol. The van der Waals surface area contributed by atoms with Gasteiger partial charge < -0.3 is 10.6 Å². The predicted molar refractivity (Wildman–Crippen MR) is 107 cm³/mol. The van der Waals surface area contributed by atoms with Gasteiger partial charge in [-0.2, -0.15) is 0 Å². The van der Waals surface area contributed by atoms with E-state index in [9.17, 15) is 9.59 Å². The Labute approximate surface area is 163 Å². The van der Waals surface area contributed by atoms with Crippen LogP contribution >= 0.6 is 0 Å². The molecule has 1 saturated heterocycles. The molecule has 1 aliphatic rings. The zero-order valence-electron chi connectivity index (χ0n) is 15.5. The number of hydrogen-bond donors (Lipinski definition) is 1. The number of fused-ring (bicyclic) bond motifs is 1. The highest BCUT2D eigenvalue weighted by Gasteiger charge is 2.28. The van der Waals surface area contributed by atoms with E-state index in [1.54, 1.807) is 6.20 Å². The summed E-state index contributed by atoms with van der Waals surface area (Å²) in [5, 5.41) is 0.888. The normalized spacial score (nSPS) is 16.9. The van der Waals surface area contributed by atoms with Gasteiger partial charge in [-0.25, -0.2) is 0 Å². The summed E-state index contributed by atoms with van der Waals surface area (Å²) in [4.78, 5) is 35.6. The Morgan fingerprint density at radius 3 is 2.75 bits per heavy atom. The zero-order valence-corrected chi connectivity index (χ0v) is 15.5. The SMILES string of the molecule is NC(=O)c1cc2ccccc2nc1C1CCCN(C(=O)Cc2ccccn2)C1. The molecule has 0 spiro atoms. The molecule has 2 amide bonds. The van der Waals surface area contributed by atoms with E-state index in [0.29, 0.717) is 24.3 Å². The van der Waals surface area contributed by atoms with Crippen LogP contribution in [0.15, 0.2) is 54.7 Å². The molecule has 4 rings (SSSR count). The van der Waals surface area contributed by atoms with Gasteiger partial charge in [0.2, 0.25) is 5.91 Å². The fourth-order valence-corrected chi connectivity index (χ4v) is 3.84. The zero-order chi connectivity index (χ0) is 19.5. The maximum atomic E-state index is 12.7. The molecule has 6 nitrogen and oxygen atoms in total. The molecule has 3 aromatic rings. The summed E-state index contributed by atoms with van der Waals surface area (Å²) in [6.07, 6.45) is 3.71. The third-order valence-electron chi connectivity index (χ3n) is 5.24. The van der Waals surface area contributed by atoms with Crippen molar-refractivity contribution in [1.82, 2.24) is 14.9 Å². The van der Waals surface area contributed by atoms with Gasteiger partial charge in [-0.05, 0) is 37.1 Å². The van der Waals surface area contributed by atoms with Crippen LogP contribution in [0, 0.1) is 0 Å². The van der Waals surface area contributed by atoms with Crippen molar-refractivity contribution in [2.45, 2.75) is 25.2 Å². The summed E-state index contributed by atoms with van der Waals surface area (Å²) in [5.41, 5.74) is 8.38. The largest absolute Gasteiger partial charge is 0.366 e. The molecule has 1 aliphatic heterocycles. The first kappa shape index (κ1) is 18.1. The van der Waals surface area contributed by atoms with Crippen LogP contribution in [0.25, 0.3) is 10.9 Å². The molecule has 2 N–H and O–H groups in total. The van der Waals surface area contributed by atoms with Crippen molar-refractivity contribution in [3.63, 3.8) is 0 Å². The third-order valence-corrected chi connectivity index (χ3v) is 5.24. The van der Waals surface area contributed by atoms with Crippen LogP contribution in [0.5, 0.6) is 0 Å². The fourth-order valence-electron chi connectivity index (χ4n) is 3.84. The number of nitrogens with two attached hydrogens (primary N) is 1. The van der Waals surface area contributed by atoms with E-state index in [-0.39, 0.29) is 18.2 Å². The summed E-state index contributed by atoms with van der Waals surface area (Å²) in [5.74, 6) is -0.441. The smallest absolute Gasteiger partial charge is 0.250 e. The first-order chi connectivity index (χ1) is 13.6. The highest BCUT2D eigenvalue weighted by molar-refractivity contribution is 5.97.